The van der Waals surface area contributed by atoms with Crippen molar-refractivity contribution in [3.05, 3.63) is 30.1 Å². The summed E-state index contributed by atoms with van der Waals surface area (Å²) >= 11 is 1.04. The summed E-state index contributed by atoms with van der Waals surface area (Å²) in [5.74, 6) is -2.10. The minimum atomic E-state index is -1.05. The van der Waals surface area contributed by atoms with Gasteiger partial charge in [0.05, 0.1) is 11.8 Å². The number of nitrogens with zero attached hydrogens (tertiary/aromatic N) is 1. The number of carbonyl (C=O) groups is 3. The number of esters is 1. The number of nitriles is 1. The van der Waals surface area contributed by atoms with Crippen molar-refractivity contribution in [2.75, 3.05) is 17.7 Å². The standard InChI is InChI=1S/C19H24FN3O4S/c1-12(2)19(4,11-21)23-16(24)9-27-18(26)13(3)28-10-17(25)22-15-7-5-14(20)6-8-15/h5-8,12-13H,9-10H2,1-4H3,(H,22,25)(H,23,24)/t13-,19+/m0/s1. The number of halogens is 1. The molecule has 28 heavy (non-hydrogen) atoms. The van der Waals surface area contributed by atoms with Gasteiger partial charge in [-0.1, -0.05) is 13.8 Å². The number of carbonyl (C=O) groups excluding carboxylic acids is 3. The van der Waals surface area contributed by atoms with Crippen LogP contribution in [0, 0.1) is 23.1 Å². The highest BCUT2D eigenvalue weighted by molar-refractivity contribution is 8.01. The molecule has 2 atom stereocenters. The van der Waals surface area contributed by atoms with Crippen molar-refractivity contribution in [2.45, 2.75) is 38.5 Å². The Labute approximate surface area is 168 Å². The highest BCUT2D eigenvalue weighted by Crippen LogP contribution is 2.16. The third-order valence-corrected chi connectivity index (χ3v) is 5.18. The average molecular weight is 409 g/mol. The molecule has 9 heteroatoms. The van der Waals surface area contributed by atoms with E-state index in [2.05, 4.69) is 10.6 Å². The molecule has 0 bridgehead atoms. The van der Waals surface area contributed by atoms with Crippen molar-refractivity contribution >= 4 is 35.2 Å². The first kappa shape index (κ1) is 23.4. The number of nitrogens with one attached hydrogen (secondary N) is 2. The molecule has 0 fully saturated rings. The third-order valence-electron chi connectivity index (χ3n) is 4.06. The first-order valence-electron chi connectivity index (χ1n) is 8.63. The fraction of sp³-hybridized carbons (Fsp3) is 0.474. The Morgan fingerprint density at radius 1 is 1.21 bits per heavy atom. The van der Waals surface area contributed by atoms with E-state index in [1.165, 1.54) is 24.3 Å². The van der Waals surface area contributed by atoms with Crippen LogP contribution in [-0.2, 0) is 19.1 Å². The number of anilines is 1. The Morgan fingerprint density at radius 2 is 1.82 bits per heavy atom. The Balaban J connectivity index is 2.38. The largest absolute Gasteiger partial charge is 0.455 e. The van der Waals surface area contributed by atoms with Crippen LogP contribution in [0.3, 0.4) is 0 Å². The second-order valence-corrected chi connectivity index (χ2v) is 7.96. The lowest BCUT2D eigenvalue weighted by Crippen LogP contribution is -2.50. The van der Waals surface area contributed by atoms with Gasteiger partial charge in [0.25, 0.3) is 5.91 Å². The fourth-order valence-electron chi connectivity index (χ4n) is 1.88. The zero-order chi connectivity index (χ0) is 21.3. The maximum atomic E-state index is 12.8. The molecular formula is C19H24FN3O4S. The second-order valence-electron chi connectivity index (χ2n) is 6.63. The average Bonchev–Trinajstić information content (AvgIpc) is 2.65. The molecule has 0 radical (unpaired) electrons. The summed E-state index contributed by atoms with van der Waals surface area (Å²) in [6, 6.07) is 7.35. The van der Waals surface area contributed by atoms with E-state index in [-0.39, 0.29) is 17.6 Å². The SMILES string of the molecule is CC(C)[C@@](C)(C#N)NC(=O)COC(=O)[C@H](C)SCC(=O)Nc1ccc(F)cc1. The predicted octanol–water partition coefficient (Wildman–Crippen LogP) is 2.48. The molecule has 0 heterocycles. The molecule has 0 aliphatic heterocycles. The van der Waals surface area contributed by atoms with Gasteiger partial charge in [-0.3, -0.25) is 14.4 Å². The lowest BCUT2D eigenvalue weighted by Gasteiger charge is -2.27. The highest BCUT2D eigenvalue weighted by Gasteiger charge is 2.30. The van der Waals surface area contributed by atoms with Gasteiger partial charge in [-0.2, -0.15) is 5.26 Å². The number of ether oxygens (including phenoxy) is 1. The smallest absolute Gasteiger partial charge is 0.319 e. The molecule has 1 aromatic rings. The predicted molar refractivity (Wildman–Crippen MR) is 105 cm³/mol. The first-order valence-corrected chi connectivity index (χ1v) is 9.68. The minimum absolute atomic E-state index is 0.0142. The Kier molecular flexibility index (Phi) is 8.92. The van der Waals surface area contributed by atoms with E-state index in [0.29, 0.717) is 5.69 Å². The maximum Gasteiger partial charge on any atom is 0.319 e. The van der Waals surface area contributed by atoms with E-state index in [9.17, 15) is 24.0 Å². The molecule has 0 aliphatic carbocycles. The van der Waals surface area contributed by atoms with Crippen LogP contribution < -0.4 is 10.6 Å². The molecule has 1 rings (SSSR count). The number of benzene rings is 1. The Hall–Kier alpha value is -2.60. The van der Waals surface area contributed by atoms with E-state index >= 15 is 0 Å². The van der Waals surface area contributed by atoms with E-state index in [0.717, 1.165) is 11.8 Å². The normalized spacial score (nSPS) is 13.8. The monoisotopic (exact) mass is 409 g/mol. The topological polar surface area (TPSA) is 108 Å². The Bertz CT molecular complexity index is 749. The van der Waals surface area contributed by atoms with E-state index in [1.807, 2.05) is 6.07 Å². The summed E-state index contributed by atoms with van der Waals surface area (Å²) < 4.78 is 17.8. The number of rotatable bonds is 9. The summed E-state index contributed by atoms with van der Waals surface area (Å²) in [6.07, 6.45) is 0. The van der Waals surface area contributed by atoms with Crippen LogP contribution in [0.2, 0.25) is 0 Å². The van der Waals surface area contributed by atoms with Gasteiger partial charge in [-0.05, 0) is 44.0 Å². The molecule has 152 valence electrons. The second kappa shape index (κ2) is 10.7. The minimum Gasteiger partial charge on any atom is -0.455 e. The Morgan fingerprint density at radius 3 is 2.36 bits per heavy atom. The highest BCUT2D eigenvalue weighted by atomic mass is 32.2. The van der Waals surface area contributed by atoms with Gasteiger partial charge in [0.1, 0.15) is 16.6 Å². The molecule has 0 unspecified atom stereocenters. The van der Waals surface area contributed by atoms with Gasteiger partial charge in [-0.25, -0.2) is 4.39 Å². The molecular weight excluding hydrogens is 385 g/mol. The molecule has 0 aromatic heterocycles. The van der Waals surface area contributed by atoms with Crippen LogP contribution in [0.4, 0.5) is 10.1 Å². The zero-order valence-electron chi connectivity index (χ0n) is 16.2. The van der Waals surface area contributed by atoms with Gasteiger partial charge >= 0.3 is 5.97 Å². The van der Waals surface area contributed by atoms with Gasteiger partial charge in [-0.15, -0.1) is 11.8 Å². The molecule has 2 N–H and O–H groups in total. The lowest BCUT2D eigenvalue weighted by molar-refractivity contribution is -0.148. The van der Waals surface area contributed by atoms with Crippen molar-refractivity contribution in [3.63, 3.8) is 0 Å². The summed E-state index contributed by atoms with van der Waals surface area (Å²) in [4.78, 5) is 35.7. The maximum absolute atomic E-state index is 12.8. The van der Waals surface area contributed by atoms with Crippen molar-refractivity contribution in [1.82, 2.24) is 5.32 Å². The number of hydrogen-bond donors (Lipinski definition) is 2. The van der Waals surface area contributed by atoms with Crippen molar-refractivity contribution in [2.24, 2.45) is 5.92 Å². The molecule has 0 saturated heterocycles. The number of hydrogen-bond acceptors (Lipinski definition) is 6. The summed E-state index contributed by atoms with van der Waals surface area (Å²) in [5, 5.41) is 13.6. The summed E-state index contributed by atoms with van der Waals surface area (Å²) in [5.41, 5.74) is -0.605. The van der Waals surface area contributed by atoms with E-state index in [4.69, 9.17) is 4.74 Å². The van der Waals surface area contributed by atoms with Gasteiger partial charge in [0.2, 0.25) is 5.91 Å². The van der Waals surface area contributed by atoms with Crippen LogP contribution in [0.1, 0.15) is 27.7 Å². The van der Waals surface area contributed by atoms with Crippen LogP contribution >= 0.6 is 11.8 Å². The first-order chi connectivity index (χ1) is 13.1. The van der Waals surface area contributed by atoms with Crippen LogP contribution in [0.15, 0.2) is 24.3 Å². The van der Waals surface area contributed by atoms with Gasteiger partial charge in [0, 0.05) is 5.69 Å². The summed E-state index contributed by atoms with van der Waals surface area (Å²) in [7, 11) is 0. The summed E-state index contributed by atoms with van der Waals surface area (Å²) in [6.45, 7) is 6.24. The van der Waals surface area contributed by atoms with Crippen LogP contribution in [-0.4, -0.2) is 40.9 Å². The van der Waals surface area contributed by atoms with Crippen LogP contribution in [0.25, 0.3) is 0 Å². The van der Waals surface area contributed by atoms with E-state index in [1.54, 1.807) is 27.7 Å². The number of thioether (sulfide) groups is 1. The van der Waals surface area contributed by atoms with Gasteiger partial charge in [0.15, 0.2) is 6.61 Å². The van der Waals surface area contributed by atoms with Crippen molar-refractivity contribution in [3.8, 4) is 6.07 Å². The van der Waals surface area contributed by atoms with Gasteiger partial charge < -0.3 is 15.4 Å². The van der Waals surface area contributed by atoms with Crippen LogP contribution in [0.5, 0.6) is 0 Å². The van der Waals surface area contributed by atoms with Crippen molar-refractivity contribution in [1.29, 1.82) is 5.26 Å². The quantitative estimate of drug-likeness (QED) is 0.607. The number of amides is 2. The fourth-order valence-corrected chi connectivity index (χ4v) is 2.56. The molecule has 2 amide bonds. The lowest BCUT2D eigenvalue weighted by atomic mass is 9.90. The van der Waals surface area contributed by atoms with E-state index < -0.39 is 35.1 Å². The van der Waals surface area contributed by atoms with Crippen molar-refractivity contribution < 1.29 is 23.5 Å². The molecule has 0 spiro atoms. The third kappa shape index (κ3) is 7.56. The molecule has 0 aliphatic rings. The molecule has 7 nitrogen and oxygen atoms in total. The molecule has 0 saturated carbocycles. The zero-order valence-corrected chi connectivity index (χ0v) is 17.1. The molecule has 1 aromatic carbocycles.